The topological polar surface area (TPSA) is 61.4 Å². The summed E-state index contributed by atoms with van der Waals surface area (Å²) in [5.41, 5.74) is 1.91. The first-order valence-corrected chi connectivity index (χ1v) is 10.3. The summed E-state index contributed by atoms with van der Waals surface area (Å²) in [5, 5.41) is 5.52. The van der Waals surface area contributed by atoms with Crippen molar-refractivity contribution in [1.82, 2.24) is 15.5 Å². The van der Waals surface area contributed by atoms with Gasteiger partial charge in [-0.3, -0.25) is 9.59 Å². The molecule has 0 heterocycles. The second-order valence-electron chi connectivity index (χ2n) is 8.50. The zero-order valence-electron chi connectivity index (χ0n) is 18.0. The van der Waals surface area contributed by atoms with E-state index in [1.807, 2.05) is 37.2 Å². The van der Waals surface area contributed by atoms with Crippen molar-refractivity contribution in [2.75, 3.05) is 27.7 Å². The van der Waals surface area contributed by atoms with Gasteiger partial charge in [-0.15, -0.1) is 0 Å². The fraction of sp³-hybridized carbons (Fsp3) is 0.417. The average Bonchev–Trinajstić information content (AvgIpc) is 3.44. The lowest BCUT2D eigenvalue weighted by Gasteiger charge is -2.25. The van der Waals surface area contributed by atoms with Gasteiger partial charge in [0.1, 0.15) is 5.82 Å². The minimum Gasteiger partial charge on any atom is -0.355 e. The predicted molar refractivity (Wildman–Crippen MR) is 116 cm³/mol. The van der Waals surface area contributed by atoms with E-state index in [0.717, 1.165) is 12.0 Å². The number of hydrogen-bond acceptors (Lipinski definition) is 3. The van der Waals surface area contributed by atoms with Gasteiger partial charge in [0.2, 0.25) is 5.91 Å². The smallest absolute Gasteiger partial charge is 0.253 e. The number of nitrogens with zero attached hydrogens (tertiary/aromatic N) is 1. The summed E-state index contributed by atoms with van der Waals surface area (Å²) < 4.78 is 14.3. The van der Waals surface area contributed by atoms with Gasteiger partial charge < -0.3 is 15.5 Å². The van der Waals surface area contributed by atoms with E-state index in [9.17, 15) is 14.0 Å². The third kappa shape index (κ3) is 4.70. The molecule has 2 amide bonds. The van der Waals surface area contributed by atoms with E-state index in [1.54, 1.807) is 6.07 Å². The molecule has 0 saturated heterocycles. The lowest BCUT2D eigenvalue weighted by molar-refractivity contribution is -0.122. The van der Waals surface area contributed by atoms with Crippen LogP contribution in [0.3, 0.4) is 0 Å². The first-order valence-electron chi connectivity index (χ1n) is 10.3. The molecule has 0 aromatic heterocycles. The van der Waals surface area contributed by atoms with E-state index < -0.39 is 11.7 Å². The molecule has 160 valence electrons. The summed E-state index contributed by atoms with van der Waals surface area (Å²) >= 11 is 0. The van der Waals surface area contributed by atoms with Gasteiger partial charge in [-0.25, -0.2) is 4.39 Å². The Morgan fingerprint density at radius 3 is 2.50 bits per heavy atom. The van der Waals surface area contributed by atoms with Crippen molar-refractivity contribution in [3.8, 4) is 0 Å². The fourth-order valence-electron chi connectivity index (χ4n) is 3.94. The highest BCUT2D eigenvalue weighted by molar-refractivity contribution is 5.94. The Morgan fingerprint density at radius 2 is 1.90 bits per heavy atom. The molecule has 2 N–H and O–H groups in total. The summed E-state index contributed by atoms with van der Waals surface area (Å²) in [7, 11) is 5.36. The molecular weight excluding hydrogens is 381 g/mol. The predicted octanol–water partition coefficient (Wildman–Crippen LogP) is 2.75. The van der Waals surface area contributed by atoms with Gasteiger partial charge in [0.05, 0.1) is 5.56 Å². The van der Waals surface area contributed by atoms with Gasteiger partial charge in [0, 0.05) is 31.0 Å². The van der Waals surface area contributed by atoms with E-state index in [0.29, 0.717) is 13.0 Å². The fourth-order valence-corrected chi connectivity index (χ4v) is 3.94. The molecule has 0 radical (unpaired) electrons. The number of carbonyl (C=O) groups excluding carboxylic acids is 2. The van der Waals surface area contributed by atoms with Crippen LogP contribution in [0.15, 0.2) is 48.5 Å². The molecule has 0 spiro atoms. The monoisotopic (exact) mass is 411 g/mol. The summed E-state index contributed by atoms with van der Waals surface area (Å²) in [6, 6.07) is 14.8. The number of benzene rings is 2. The molecular formula is C24H30FN3O2. The Morgan fingerprint density at radius 1 is 1.20 bits per heavy atom. The number of likely N-dealkylation sites (N-methyl/N-ethyl adjacent to an activating group) is 1. The van der Waals surface area contributed by atoms with Gasteiger partial charge >= 0.3 is 0 Å². The van der Waals surface area contributed by atoms with Gasteiger partial charge in [-0.2, -0.15) is 0 Å². The van der Waals surface area contributed by atoms with Crippen LogP contribution in [0.5, 0.6) is 0 Å². The minimum absolute atomic E-state index is 0.0148. The van der Waals surface area contributed by atoms with Gasteiger partial charge in [0.25, 0.3) is 5.91 Å². The Hall–Kier alpha value is -2.73. The van der Waals surface area contributed by atoms with Crippen molar-refractivity contribution < 1.29 is 14.0 Å². The molecule has 1 aliphatic rings. The molecule has 0 unspecified atom stereocenters. The Kier molecular flexibility index (Phi) is 6.56. The van der Waals surface area contributed by atoms with Crippen molar-refractivity contribution in [3.05, 3.63) is 71.0 Å². The zero-order valence-corrected chi connectivity index (χ0v) is 18.0. The number of nitrogens with one attached hydrogen (secondary N) is 2. The van der Waals surface area contributed by atoms with Crippen molar-refractivity contribution in [2.24, 2.45) is 5.92 Å². The molecule has 2 aromatic carbocycles. The highest BCUT2D eigenvalue weighted by atomic mass is 19.1. The van der Waals surface area contributed by atoms with Crippen molar-refractivity contribution in [2.45, 2.75) is 31.2 Å². The molecule has 5 nitrogen and oxygen atoms in total. The van der Waals surface area contributed by atoms with Crippen LogP contribution in [0.1, 0.15) is 34.8 Å². The quantitative estimate of drug-likeness (QED) is 0.702. The molecule has 0 bridgehead atoms. The third-order valence-electron chi connectivity index (χ3n) is 6.21. The largest absolute Gasteiger partial charge is 0.355 e. The third-order valence-corrected chi connectivity index (χ3v) is 6.21. The van der Waals surface area contributed by atoms with Gasteiger partial charge in [-0.05, 0) is 50.2 Å². The number of hydrogen-bond donors (Lipinski definition) is 2. The first-order chi connectivity index (χ1) is 14.3. The highest BCUT2D eigenvalue weighted by Gasteiger charge is 2.55. The van der Waals surface area contributed by atoms with Gasteiger partial charge in [-0.1, -0.05) is 43.3 Å². The summed E-state index contributed by atoms with van der Waals surface area (Å²) in [6.07, 6.45) is 1.42. The van der Waals surface area contributed by atoms with Crippen LogP contribution in [0.25, 0.3) is 0 Å². The van der Waals surface area contributed by atoms with Crippen LogP contribution >= 0.6 is 0 Å². The van der Waals surface area contributed by atoms with Crippen LogP contribution < -0.4 is 10.6 Å². The van der Waals surface area contributed by atoms with E-state index in [1.165, 1.54) is 24.7 Å². The van der Waals surface area contributed by atoms with Crippen LogP contribution in [-0.2, 0) is 16.6 Å². The van der Waals surface area contributed by atoms with Crippen LogP contribution in [0, 0.1) is 11.7 Å². The molecule has 30 heavy (non-hydrogen) atoms. The van der Waals surface area contributed by atoms with E-state index in [-0.39, 0.29) is 28.8 Å². The number of carbonyl (C=O) groups is 2. The highest BCUT2D eigenvalue weighted by Crippen LogP contribution is 2.53. The maximum atomic E-state index is 14.3. The molecule has 0 aliphatic heterocycles. The normalized spacial score (nSPS) is 21.2. The Labute approximate surface area is 177 Å². The number of rotatable bonds is 8. The molecule has 6 heteroatoms. The maximum absolute atomic E-state index is 14.3. The second-order valence-corrected chi connectivity index (χ2v) is 8.50. The first kappa shape index (κ1) is 22.0. The SMILES string of the molecule is CNC(=O)c1ccc(C[C@@H](CNC(=O)[C@@H]2C[C@@]2(C)c2ccccc2)N(C)C)cc1F. The molecule has 3 atom stereocenters. The number of halogens is 1. The Balaban J connectivity index is 1.60. The zero-order chi connectivity index (χ0) is 21.9. The molecule has 1 fully saturated rings. The second kappa shape index (κ2) is 8.96. The summed E-state index contributed by atoms with van der Waals surface area (Å²) in [6.45, 7) is 2.61. The lowest BCUT2D eigenvalue weighted by atomic mass is 9.95. The lowest BCUT2D eigenvalue weighted by Crippen LogP contribution is -2.42. The molecule has 2 aromatic rings. The van der Waals surface area contributed by atoms with Crippen LogP contribution in [-0.4, -0.2) is 50.4 Å². The van der Waals surface area contributed by atoms with E-state index in [2.05, 4.69) is 29.7 Å². The summed E-state index contributed by atoms with van der Waals surface area (Å²) in [4.78, 5) is 26.4. The Bertz CT molecular complexity index is 916. The van der Waals surface area contributed by atoms with E-state index >= 15 is 0 Å². The average molecular weight is 412 g/mol. The van der Waals surface area contributed by atoms with Crippen molar-refractivity contribution in [3.63, 3.8) is 0 Å². The van der Waals surface area contributed by atoms with Crippen LogP contribution in [0.2, 0.25) is 0 Å². The minimum atomic E-state index is -0.537. The van der Waals surface area contributed by atoms with Gasteiger partial charge in [0.15, 0.2) is 0 Å². The molecule has 3 rings (SSSR count). The maximum Gasteiger partial charge on any atom is 0.253 e. The van der Waals surface area contributed by atoms with E-state index in [4.69, 9.17) is 0 Å². The van der Waals surface area contributed by atoms with Crippen LogP contribution in [0.4, 0.5) is 4.39 Å². The van der Waals surface area contributed by atoms with Crippen molar-refractivity contribution in [1.29, 1.82) is 0 Å². The standard InChI is InChI=1S/C24H30FN3O2/c1-24(17-8-6-5-7-9-17)14-20(24)23(30)27-15-18(28(3)4)12-16-10-11-19(21(25)13-16)22(29)26-2/h5-11,13,18,20H,12,14-15H2,1-4H3,(H,26,29)(H,27,30)/t18-,20-,24-/m0/s1. The van der Waals surface area contributed by atoms with Crippen molar-refractivity contribution >= 4 is 11.8 Å². The summed E-state index contributed by atoms with van der Waals surface area (Å²) in [5.74, 6) is -0.937. The molecule has 1 aliphatic carbocycles. The molecule has 1 saturated carbocycles. The number of amides is 2.